The molecule has 3 atom stereocenters. The van der Waals surface area contributed by atoms with Gasteiger partial charge in [0, 0.05) is 5.02 Å². The van der Waals surface area contributed by atoms with E-state index in [0.717, 1.165) is 17.7 Å². The summed E-state index contributed by atoms with van der Waals surface area (Å²) in [6.45, 7) is 13.0. The number of halogens is 4. The van der Waals surface area contributed by atoms with Crippen LogP contribution in [0.15, 0.2) is 52.4 Å². The summed E-state index contributed by atoms with van der Waals surface area (Å²) in [6.07, 6.45) is -3.89. The first-order chi connectivity index (χ1) is 17.4. The number of hydrogen-bond acceptors (Lipinski definition) is 5. The molecule has 5 nitrogen and oxygen atoms in total. The molecule has 0 fully saturated rings. The molecule has 3 rings (SSSR count). The Labute approximate surface area is 221 Å². The van der Waals surface area contributed by atoms with E-state index in [-0.39, 0.29) is 23.6 Å². The van der Waals surface area contributed by atoms with Crippen LogP contribution in [-0.2, 0) is 15.7 Å². The van der Waals surface area contributed by atoms with Crippen LogP contribution in [0.2, 0.25) is 5.02 Å². The number of alkyl halides is 3. The van der Waals surface area contributed by atoms with E-state index in [1.165, 1.54) is 12.1 Å². The van der Waals surface area contributed by atoms with Crippen LogP contribution in [0.1, 0.15) is 65.0 Å². The zero-order valence-corrected chi connectivity index (χ0v) is 22.8. The van der Waals surface area contributed by atoms with E-state index >= 15 is 0 Å². The largest absolute Gasteiger partial charge is 0.480 e. The van der Waals surface area contributed by atoms with E-state index in [1.54, 1.807) is 12.1 Å². The minimum atomic E-state index is -4.45. The Hall–Kier alpha value is -2.74. The van der Waals surface area contributed by atoms with Crippen molar-refractivity contribution >= 4 is 23.4 Å². The average Bonchev–Trinajstić information content (AvgIpc) is 2.80. The number of ether oxygens (including phenoxy) is 3. The molecule has 0 saturated heterocycles. The van der Waals surface area contributed by atoms with Gasteiger partial charge >= 0.3 is 6.18 Å². The highest BCUT2D eigenvalue weighted by molar-refractivity contribution is 6.31. The zero-order chi connectivity index (χ0) is 27.4. The van der Waals surface area contributed by atoms with E-state index in [4.69, 9.17) is 35.8 Å². The fourth-order valence-electron chi connectivity index (χ4n) is 4.39. The predicted molar refractivity (Wildman–Crippen MR) is 141 cm³/mol. The highest BCUT2D eigenvalue weighted by Crippen LogP contribution is 2.38. The van der Waals surface area contributed by atoms with Crippen molar-refractivity contribution in [1.82, 2.24) is 0 Å². The Morgan fingerprint density at radius 3 is 2.27 bits per heavy atom. The van der Waals surface area contributed by atoms with Gasteiger partial charge in [0.15, 0.2) is 0 Å². The monoisotopic (exact) mass is 538 g/mol. The number of benzene rings is 2. The summed E-state index contributed by atoms with van der Waals surface area (Å²) >= 11 is 6.62. The molecule has 1 unspecified atom stereocenters. The zero-order valence-electron chi connectivity index (χ0n) is 22.0. The van der Waals surface area contributed by atoms with Gasteiger partial charge in [-0.15, -0.1) is 0 Å². The molecule has 0 bridgehead atoms. The molecule has 0 saturated carbocycles. The van der Waals surface area contributed by atoms with E-state index in [2.05, 4.69) is 13.8 Å². The van der Waals surface area contributed by atoms with Gasteiger partial charge in [-0.2, -0.15) is 13.2 Å². The van der Waals surface area contributed by atoms with Gasteiger partial charge in [-0.3, -0.25) is 0 Å². The second kappa shape index (κ2) is 11.8. The first kappa shape index (κ1) is 28.8. The SMILES string of the molecule is CCOC1=N[C@](C)(CC(C)c2ccc(Oc3cccc(C(F)(F)F)c3)cc2Cl)C(OCC)=N[C@H]1C(C)C. The molecule has 9 heteroatoms. The maximum absolute atomic E-state index is 13.0. The molecular formula is C28H34ClF3N2O3. The highest BCUT2D eigenvalue weighted by Gasteiger charge is 2.41. The third-order valence-corrected chi connectivity index (χ3v) is 6.46. The molecule has 0 spiro atoms. The topological polar surface area (TPSA) is 52.4 Å². The van der Waals surface area contributed by atoms with Crippen molar-refractivity contribution in [3.05, 3.63) is 58.6 Å². The van der Waals surface area contributed by atoms with Gasteiger partial charge in [-0.1, -0.05) is 44.5 Å². The van der Waals surface area contributed by atoms with Crippen molar-refractivity contribution < 1.29 is 27.4 Å². The van der Waals surface area contributed by atoms with Crippen molar-refractivity contribution in [2.75, 3.05) is 13.2 Å². The summed E-state index contributed by atoms with van der Waals surface area (Å²) in [7, 11) is 0. The minimum absolute atomic E-state index is 0.0482. The van der Waals surface area contributed by atoms with Gasteiger partial charge in [-0.25, -0.2) is 9.98 Å². The summed E-state index contributed by atoms with van der Waals surface area (Å²) in [6, 6.07) is 9.65. The minimum Gasteiger partial charge on any atom is -0.480 e. The Bertz CT molecular complexity index is 1150. The van der Waals surface area contributed by atoms with Gasteiger partial charge in [0.25, 0.3) is 0 Å². The first-order valence-electron chi connectivity index (χ1n) is 12.5. The van der Waals surface area contributed by atoms with Crippen LogP contribution >= 0.6 is 11.6 Å². The van der Waals surface area contributed by atoms with Gasteiger partial charge in [-0.05, 0) is 74.9 Å². The van der Waals surface area contributed by atoms with Gasteiger partial charge in [0.05, 0.1) is 18.8 Å². The summed E-state index contributed by atoms with van der Waals surface area (Å²) in [5, 5.41) is 0.445. The molecule has 2 aromatic rings. The molecule has 37 heavy (non-hydrogen) atoms. The molecule has 1 aliphatic heterocycles. The van der Waals surface area contributed by atoms with Crippen molar-refractivity contribution in [1.29, 1.82) is 0 Å². The van der Waals surface area contributed by atoms with E-state index < -0.39 is 17.3 Å². The predicted octanol–water partition coefficient (Wildman–Crippen LogP) is 8.31. The molecule has 0 aliphatic carbocycles. The lowest BCUT2D eigenvalue weighted by atomic mass is 9.84. The summed E-state index contributed by atoms with van der Waals surface area (Å²) in [5.74, 6) is 1.75. The second-order valence-electron chi connectivity index (χ2n) is 9.63. The molecule has 1 aliphatic rings. The van der Waals surface area contributed by atoms with Crippen LogP contribution in [0, 0.1) is 5.92 Å². The van der Waals surface area contributed by atoms with Crippen LogP contribution in [-0.4, -0.2) is 36.6 Å². The van der Waals surface area contributed by atoms with Gasteiger partial charge in [0.2, 0.25) is 11.8 Å². The molecule has 0 aromatic heterocycles. The summed E-state index contributed by atoms with van der Waals surface area (Å²) in [4.78, 5) is 9.87. The fourth-order valence-corrected chi connectivity index (χ4v) is 4.75. The Balaban J connectivity index is 1.84. The van der Waals surface area contributed by atoms with Crippen LogP contribution in [0.4, 0.5) is 13.2 Å². The third kappa shape index (κ3) is 6.98. The van der Waals surface area contributed by atoms with Crippen LogP contribution < -0.4 is 4.74 Å². The summed E-state index contributed by atoms with van der Waals surface area (Å²) in [5.41, 5.74) is -0.670. The molecule has 202 valence electrons. The second-order valence-corrected chi connectivity index (χ2v) is 10.0. The quantitative estimate of drug-likeness (QED) is 0.339. The van der Waals surface area contributed by atoms with Gasteiger partial charge in [0.1, 0.15) is 23.1 Å². The molecule has 0 N–H and O–H groups in total. The Morgan fingerprint density at radius 1 is 1.00 bits per heavy atom. The van der Waals surface area contributed by atoms with Crippen molar-refractivity contribution in [2.45, 2.75) is 71.6 Å². The normalized spacial score (nSPS) is 20.8. The number of nitrogens with zero attached hydrogens (tertiary/aromatic N) is 2. The highest BCUT2D eigenvalue weighted by atomic mass is 35.5. The van der Waals surface area contributed by atoms with Crippen molar-refractivity contribution in [2.24, 2.45) is 15.9 Å². The Morgan fingerprint density at radius 2 is 1.68 bits per heavy atom. The molecule has 2 aromatic carbocycles. The van der Waals surface area contributed by atoms with Crippen LogP contribution in [0.5, 0.6) is 11.5 Å². The van der Waals surface area contributed by atoms with Crippen LogP contribution in [0.25, 0.3) is 0 Å². The molecule has 1 heterocycles. The Kier molecular flexibility index (Phi) is 9.16. The standard InChI is InChI=1S/C28H34ClF3N2O3/c1-7-35-25-24(17(3)4)33-26(36-8-2)27(6,34-25)16-18(5)22-13-12-21(15-23(22)29)37-20-11-9-10-19(14-20)28(30,31)32/h9-15,17-18,24H,7-8,16H2,1-6H3/t18?,24-,27+/m0/s1. The molecule has 0 radical (unpaired) electrons. The lowest BCUT2D eigenvalue weighted by Gasteiger charge is -2.36. The molecular weight excluding hydrogens is 505 g/mol. The fraction of sp³-hybridized carbons (Fsp3) is 0.500. The van der Waals surface area contributed by atoms with Gasteiger partial charge < -0.3 is 14.2 Å². The number of aliphatic imine (C=N–C) groups is 2. The number of hydrogen-bond donors (Lipinski definition) is 0. The maximum atomic E-state index is 13.0. The van der Waals surface area contributed by atoms with E-state index in [1.807, 2.05) is 33.8 Å². The van der Waals surface area contributed by atoms with Crippen LogP contribution in [0.3, 0.4) is 0 Å². The average molecular weight is 539 g/mol. The summed E-state index contributed by atoms with van der Waals surface area (Å²) < 4.78 is 56.6. The van der Waals surface area contributed by atoms with Crippen molar-refractivity contribution in [3.8, 4) is 11.5 Å². The molecule has 0 amide bonds. The smallest absolute Gasteiger partial charge is 0.416 e. The maximum Gasteiger partial charge on any atom is 0.416 e. The lowest BCUT2D eigenvalue weighted by Crippen LogP contribution is -2.46. The number of rotatable bonds is 8. The van der Waals surface area contributed by atoms with E-state index in [0.29, 0.717) is 42.2 Å². The van der Waals surface area contributed by atoms with Crippen molar-refractivity contribution in [3.63, 3.8) is 0 Å². The van der Waals surface area contributed by atoms with E-state index in [9.17, 15) is 13.2 Å². The first-order valence-corrected chi connectivity index (χ1v) is 12.8. The lowest BCUT2D eigenvalue weighted by molar-refractivity contribution is -0.137. The third-order valence-electron chi connectivity index (χ3n) is 6.14.